The third kappa shape index (κ3) is 12.6. The van der Waals surface area contributed by atoms with E-state index in [1.54, 1.807) is 11.8 Å². The van der Waals surface area contributed by atoms with E-state index >= 15 is 0 Å². The molecule has 51 heavy (non-hydrogen) atoms. The maximum atomic E-state index is 13.2. The molecule has 0 radical (unpaired) electrons. The Bertz CT molecular complexity index is 1650. The second kappa shape index (κ2) is 21.2. The van der Waals surface area contributed by atoms with E-state index in [2.05, 4.69) is 27.4 Å². The van der Waals surface area contributed by atoms with E-state index in [9.17, 15) is 9.59 Å². The van der Waals surface area contributed by atoms with Crippen molar-refractivity contribution in [2.24, 2.45) is 5.92 Å². The van der Waals surface area contributed by atoms with Gasteiger partial charge in [-0.25, -0.2) is 9.97 Å². The number of ketones is 1. The second-order valence-electron chi connectivity index (χ2n) is 13.8. The van der Waals surface area contributed by atoms with E-state index in [0.29, 0.717) is 28.2 Å². The molecule has 2 fully saturated rings. The molecular formula is C43H57ClN4O2S. The Balaban J connectivity index is 0.000000302. The van der Waals surface area contributed by atoms with Gasteiger partial charge in [0, 0.05) is 48.8 Å². The summed E-state index contributed by atoms with van der Waals surface area (Å²) in [7, 11) is 3.99. The molecule has 274 valence electrons. The molecule has 1 heterocycles. The first kappa shape index (κ1) is 40.4. The van der Waals surface area contributed by atoms with Crippen LogP contribution in [0.1, 0.15) is 118 Å². The first-order valence-corrected chi connectivity index (χ1v) is 20.4. The Kier molecular flexibility index (Phi) is 16.8. The van der Waals surface area contributed by atoms with Crippen LogP contribution in [0.3, 0.4) is 0 Å². The van der Waals surface area contributed by atoms with E-state index in [1.807, 2.05) is 100 Å². The molecule has 6 nitrogen and oxygen atoms in total. The van der Waals surface area contributed by atoms with Crippen molar-refractivity contribution in [1.29, 1.82) is 0 Å². The molecule has 0 aliphatic heterocycles. The van der Waals surface area contributed by atoms with Crippen LogP contribution < -0.4 is 10.2 Å². The number of nitrogens with one attached hydrogen (secondary N) is 1. The number of amides is 1. The van der Waals surface area contributed by atoms with Gasteiger partial charge < -0.3 is 10.2 Å². The van der Waals surface area contributed by atoms with Crippen LogP contribution in [-0.4, -0.2) is 47.5 Å². The number of anilines is 1. The molecule has 6 rings (SSSR count). The minimum atomic E-state index is -0.403. The van der Waals surface area contributed by atoms with E-state index in [4.69, 9.17) is 11.6 Å². The summed E-state index contributed by atoms with van der Waals surface area (Å²) in [4.78, 5) is 37.2. The highest BCUT2D eigenvalue weighted by molar-refractivity contribution is 7.99. The predicted octanol–water partition coefficient (Wildman–Crippen LogP) is 11.0. The lowest BCUT2D eigenvalue weighted by Gasteiger charge is -2.23. The zero-order chi connectivity index (χ0) is 36.6. The quantitative estimate of drug-likeness (QED) is 0.155. The van der Waals surface area contributed by atoms with Gasteiger partial charge in [0.25, 0.3) is 0 Å². The number of nitrogens with zero attached hydrogens (tertiary/aromatic N) is 3. The molecule has 8 heteroatoms. The van der Waals surface area contributed by atoms with Crippen molar-refractivity contribution >= 4 is 51.8 Å². The number of benzene rings is 3. The van der Waals surface area contributed by atoms with Crippen LogP contribution in [0.4, 0.5) is 5.82 Å². The molecular weight excluding hydrogens is 672 g/mol. The van der Waals surface area contributed by atoms with Gasteiger partial charge in [0.05, 0.1) is 10.8 Å². The first-order valence-electron chi connectivity index (χ1n) is 18.9. The number of carbonyl (C=O) groups is 2. The van der Waals surface area contributed by atoms with Gasteiger partial charge in [-0.1, -0.05) is 113 Å². The van der Waals surface area contributed by atoms with E-state index in [0.717, 1.165) is 34.7 Å². The largest absolute Gasteiger partial charge is 0.362 e. The van der Waals surface area contributed by atoms with Crippen LogP contribution in [0, 0.1) is 12.8 Å². The lowest BCUT2D eigenvalue weighted by Crippen LogP contribution is -2.37. The van der Waals surface area contributed by atoms with Crippen LogP contribution in [0.25, 0.3) is 10.9 Å². The second-order valence-corrected chi connectivity index (χ2v) is 15.4. The van der Waals surface area contributed by atoms with Crippen molar-refractivity contribution in [2.75, 3.05) is 25.5 Å². The Hall–Kier alpha value is -3.42. The Morgan fingerprint density at radius 3 is 2.12 bits per heavy atom. The van der Waals surface area contributed by atoms with Crippen molar-refractivity contribution in [3.8, 4) is 0 Å². The number of aryl methyl sites for hydroxylation is 1. The van der Waals surface area contributed by atoms with Gasteiger partial charge in [-0.15, -0.1) is 11.8 Å². The highest BCUT2D eigenvalue weighted by Gasteiger charge is 2.25. The van der Waals surface area contributed by atoms with Crippen LogP contribution in [0.2, 0.25) is 5.02 Å². The van der Waals surface area contributed by atoms with Gasteiger partial charge in [-0.05, 0) is 79.8 Å². The fourth-order valence-corrected chi connectivity index (χ4v) is 8.15. The van der Waals surface area contributed by atoms with Crippen LogP contribution >= 0.6 is 23.4 Å². The molecule has 4 aromatic rings. The SMILES string of the molecule is CC.Cc1nc(N(C)C)c2ccccc2n1.O=C(CC(SCc1ccc(Cl)cc1)C(=O)NCC1CCCCC1)c1ccc(C2CCCCC2)cc1. The maximum Gasteiger partial charge on any atom is 0.233 e. The molecule has 2 aliphatic carbocycles. The summed E-state index contributed by atoms with van der Waals surface area (Å²) in [6.45, 7) is 6.64. The molecule has 1 aromatic heterocycles. The molecule has 0 spiro atoms. The number of aromatic nitrogens is 2. The number of carbonyl (C=O) groups excluding carboxylic acids is 2. The Morgan fingerprint density at radius 2 is 1.47 bits per heavy atom. The predicted molar refractivity (Wildman–Crippen MR) is 217 cm³/mol. The number of rotatable bonds is 11. The average molecular weight is 729 g/mol. The molecule has 1 N–H and O–H groups in total. The van der Waals surface area contributed by atoms with Gasteiger partial charge in [-0.3, -0.25) is 9.59 Å². The number of thioether (sulfide) groups is 1. The summed E-state index contributed by atoms with van der Waals surface area (Å²) >= 11 is 7.57. The zero-order valence-corrected chi connectivity index (χ0v) is 32.9. The monoisotopic (exact) mass is 728 g/mol. The lowest BCUT2D eigenvalue weighted by atomic mass is 9.84. The van der Waals surface area contributed by atoms with Crippen LogP contribution in [0.15, 0.2) is 72.8 Å². The molecule has 0 bridgehead atoms. The van der Waals surface area contributed by atoms with Crippen molar-refractivity contribution in [2.45, 2.75) is 108 Å². The number of para-hydroxylation sites is 1. The van der Waals surface area contributed by atoms with Gasteiger partial charge >= 0.3 is 0 Å². The number of fused-ring (bicyclic) bond motifs is 1. The van der Waals surface area contributed by atoms with Gasteiger partial charge in [-0.2, -0.15) is 0 Å². The minimum absolute atomic E-state index is 0.0123. The third-order valence-electron chi connectivity index (χ3n) is 9.75. The summed E-state index contributed by atoms with van der Waals surface area (Å²) in [5, 5.41) is 4.57. The fraction of sp³-hybridized carbons (Fsp3) is 0.488. The third-order valence-corrected chi connectivity index (χ3v) is 11.3. The molecule has 1 unspecified atom stereocenters. The van der Waals surface area contributed by atoms with Crippen molar-refractivity contribution in [1.82, 2.24) is 15.3 Å². The van der Waals surface area contributed by atoms with Gasteiger partial charge in [0.15, 0.2) is 5.78 Å². The van der Waals surface area contributed by atoms with E-state index in [1.165, 1.54) is 69.8 Å². The van der Waals surface area contributed by atoms with Crippen LogP contribution in [-0.2, 0) is 10.5 Å². The molecule has 1 atom stereocenters. The Morgan fingerprint density at radius 1 is 0.843 bits per heavy atom. The first-order chi connectivity index (χ1) is 24.8. The standard InChI is InChI=1S/C30H38ClNO2S.C11H13N3.C2H6/c31-27-17-11-23(12-18-27)21-35-29(30(34)32-20-22-7-3-1-4-8-22)19-28(33)26-15-13-25(14-16-26)24-9-5-2-6-10-24;1-8-12-10-7-5-4-6-9(10)11(13-8)14(2)3;1-2/h11-18,22,24,29H,1-10,19-21H2,(H,32,34);4-7H,1-3H3;1-2H3. The molecule has 2 aliphatic rings. The molecule has 2 saturated carbocycles. The van der Waals surface area contributed by atoms with Crippen molar-refractivity contribution in [3.63, 3.8) is 0 Å². The summed E-state index contributed by atoms with van der Waals surface area (Å²) in [6, 6.07) is 24.0. The van der Waals surface area contributed by atoms with E-state index in [-0.39, 0.29) is 18.1 Å². The highest BCUT2D eigenvalue weighted by Crippen LogP contribution is 2.33. The summed E-state index contributed by atoms with van der Waals surface area (Å²) < 4.78 is 0. The Labute approximate surface area is 315 Å². The highest BCUT2D eigenvalue weighted by atomic mass is 35.5. The van der Waals surface area contributed by atoms with Gasteiger partial charge in [0.2, 0.25) is 5.91 Å². The molecule has 3 aromatic carbocycles. The number of hydrogen-bond acceptors (Lipinski definition) is 6. The number of hydrogen-bond donors (Lipinski definition) is 1. The summed E-state index contributed by atoms with van der Waals surface area (Å²) in [5.41, 5.74) is 4.17. The van der Waals surface area contributed by atoms with E-state index < -0.39 is 5.25 Å². The number of halogens is 1. The zero-order valence-electron chi connectivity index (χ0n) is 31.3. The van der Waals surface area contributed by atoms with Crippen molar-refractivity contribution in [3.05, 3.63) is 100 Å². The maximum absolute atomic E-state index is 13.2. The average Bonchev–Trinajstić information content (AvgIpc) is 3.17. The van der Waals surface area contributed by atoms with Crippen molar-refractivity contribution < 1.29 is 9.59 Å². The topological polar surface area (TPSA) is 75.2 Å². The normalized spacial score (nSPS) is 15.5. The number of Topliss-reactive ketones (excluding diaryl/α,β-unsaturated/α-hetero) is 1. The van der Waals surface area contributed by atoms with Crippen LogP contribution in [0.5, 0.6) is 0 Å². The molecule has 0 saturated heterocycles. The molecule has 1 amide bonds. The minimum Gasteiger partial charge on any atom is -0.362 e. The smallest absolute Gasteiger partial charge is 0.233 e. The fourth-order valence-electron chi connectivity index (χ4n) is 6.93. The summed E-state index contributed by atoms with van der Waals surface area (Å²) in [6.07, 6.45) is 12.8. The lowest BCUT2D eigenvalue weighted by molar-refractivity contribution is -0.120. The van der Waals surface area contributed by atoms with Gasteiger partial charge in [0.1, 0.15) is 11.6 Å². The summed E-state index contributed by atoms with van der Waals surface area (Å²) in [5.74, 6) is 3.69.